The first-order valence-electron chi connectivity index (χ1n) is 14.6. The van der Waals surface area contributed by atoms with Crippen molar-refractivity contribution >= 4 is 29.0 Å². The summed E-state index contributed by atoms with van der Waals surface area (Å²) in [6.45, 7) is 7.56. The van der Waals surface area contributed by atoms with Gasteiger partial charge in [0.05, 0.1) is 25.8 Å². The minimum absolute atomic E-state index is 0.0722. The highest BCUT2D eigenvalue weighted by atomic mass is 35.5. The Labute approximate surface area is 253 Å². The van der Waals surface area contributed by atoms with Crippen molar-refractivity contribution in [2.45, 2.75) is 45.7 Å². The lowest BCUT2D eigenvalue weighted by Gasteiger charge is -2.34. The number of hydrogen-bond acceptors (Lipinski definition) is 7. The third-order valence-corrected chi connectivity index (χ3v) is 7.90. The number of ketones is 1. The fourth-order valence-corrected chi connectivity index (χ4v) is 5.59. The van der Waals surface area contributed by atoms with Gasteiger partial charge in [-0.3, -0.25) is 14.5 Å². The molecule has 0 spiro atoms. The van der Waals surface area contributed by atoms with E-state index in [0.717, 1.165) is 49.5 Å². The van der Waals surface area contributed by atoms with Crippen LogP contribution in [0.3, 0.4) is 0 Å². The van der Waals surface area contributed by atoms with E-state index in [0.29, 0.717) is 41.5 Å². The van der Waals surface area contributed by atoms with Crippen molar-refractivity contribution in [3.8, 4) is 11.5 Å². The normalized spacial score (nSPS) is 14.8. The van der Waals surface area contributed by atoms with E-state index < -0.39 is 11.9 Å². The zero-order valence-electron chi connectivity index (χ0n) is 24.4. The molecule has 9 heteroatoms. The molecular formula is C33H41ClN4O4. The molecule has 0 bridgehead atoms. The van der Waals surface area contributed by atoms with Crippen molar-refractivity contribution in [3.05, 3.63) is 87.9 Å². The van der Waals surface area contributed by atoms with Crippen LogP contribution in [0.15, 0.2) is 60.7 Å². The number of likely N-dealkylation sites (tertiary alicyclic amines) is 1. The van der Waals surface area contributed by atoms with Gasteiger partial charge in [-0.1, -0.05) is 35.9 Å². The number of carbonyl (C=O) groups excluding carboxylic acids is 2. The molecular weight excluding hydrogens is 552 g/mol. The van der Waals surface area contributed by atoms with E-state index in [1.54, 1.807) is 12.1 Å². The molecule has 0 saturated carbocycles. The van der Waals surface area contributed by atoms with Crippen LogP contribution in [-0.4, -0.2) is 55.5 Å². The molecule has 1 unspecified atom stereocenters. The van der Waals surface area contributed by atoms with Crippen LogP contribution in [0.1, 0.15) is 53.7 Å². The Hall–Kier alpha value is -3.59. The van der Waals surface area contributed by atoms with Crippen LogP contribution in [0, 0.1) is 5.92 Å². The van der Waals surface area contributed by atoms with E-state index in [9.17, 15) is 9.59 Å². The lowest BCUT2D eigenvalue weighted by molar-refractivity contribution is -0.120. The van der Waals surface area contributed by atoms with Crippen LogP contribution in [0.25, 0.3) is 0 Å². The number of amides is 1. The van der Waals surface area contributed by atoms with E-state index in [-0.39, 0.29) is 18.2 Å². The molecule has 5 N–H and O–H groups in total. The molecule has 42 heavy (non-hydrogen) atoms. The zero-order valence-corrected chi connectivity index (χ0v) is 25.2. The van der Waals surface area contributed by atoms with Gasteiger partial charge in [-0.2, -0.15) is 0 Å². The highest BCUT2D eigenvalue weighted by Crippen LogP contribution is 2.27. The Bertz CT molecular complexity index is 1340. The molecule has 0 aliphatic carbocycles. The molecule has 3 aromatic rings. The molecule has 4 rings (SSSR count). The fraction of sp³-hybridized carbons (Fsp3) is 0.394. The summed E-state index contributed by atoms with van der Waals surface area (Å²) < 4.78 is 11.0. The van der Waals surface area contributed by atoms with Crippen LogP contribution in [0.4, 0.5) is 5.69 Å². The summed E-state index contributed by atoms with van der Waals surface area (Å²) in [6.07, 6.45) is 2.09. The highest BCUT2D eigenvalue weighted by molar-refractivity contribution is 6.31. The predicted molar refractivity (Wildman–Crippen MR) is 167 cm³/mol. The van der Waals surface area contributed by atoms with Gasteiger partial charge >= 0.3 is 0 Å². The average molecular weight is 593 g/mol. The van der Waals surface area contributed by atoms with Crippen LogP contribution in [0.5, 0.6) is 11.5 Å². The number of nitrogens with two attached hydrogens (primary N) is 2. The summed E-state index contributed by atoms with van der Waals surface area (Å²) in [5.74, 6) is 1.13. The minimum Gasteiger partial charge on any atom is -0.494 e. The smallest absolute Gasteiger partial charge is 0.252 e. The van der Waals surface area contributed by atoms with Crippen molar-refractivity contribution in [3.63, 3.8) is 0 Å². The number of hydrogen-bond donors (Lipinski definition) is 3. The van der Waals surface area contributed by atoms with Gasteiger partial charge < -0.3 is 26.3 Å². The maximum absolute atomic E-state index is 13.2. The number of nitrogens with zero attached hydrogens (tertiary/aromatic N) is 1. The minimum atomic E-state index is -0.634. The second-order valence-electron chi connectivity index (χ2n) is 10.6. The molecule has 0 aromatic heterocycles. The Morgan fingerprint density at radius 3 is 2.10 bits per heavy atom. The van der Waals surface area contributed by atoms with E-state index >= 15 is 0 Å². The van der Waals surface area contributed by atoms with E-state index in [1.807, 2.05) is 50.2 Å². The topological polar surface area (TPSA) is 120 Å². The third kappa shape index (κ3) is 8.47. The van der Waals surface area contributed by atoms with Gasteiger partial charge in [-0.15, -0.1) is 0 Å². The number of rotatable bonds is 13. The first kappa shape index (κ1) is 31.3. The number of halogens is 1. The molecule has 8 nitrogen and oxygen atoms in total. The van der Waals surface area contributed by atoms with Gasteiger partial charge in [0.25, 0.3) is 5.91 Å². The lowest BCUT2D eigenvalue weighted by Crippen LogP contribution is -2.47. The van der Waals surface area contributed by atoms with Crippen molar-refractivity contribution in [2.24, 2.45) is 11.7 Å². The first-order chi connectivity index (χ1) is 20.3. The third-order valence-electron chi connectivity index (χ3n) is 7.68. The number of ether oxygens (including phenoxy) is 2. The molecule has 1 fully saturated rings. The highest BCUT2D eigenvalue weighted by Gasteiger charge is 2.29. The maximum atomic E-state index is 13.2. The molecule has 1 amide bonds. The Morgan fingerprint density at radius 2 is 1.52 bits per heavy atom. The Kier molecular flexibility index (Phi) is 11.2. The molecule has 1 saturated heterocycles. The summed E-state index contributed by atoms with van der Waals surface area (Å²) in [6, 6.07) is 18.4. The number of Topliss-reactive ketones (excluding diaryl/α,β-unsaturated/α-hetero) is 1. The number of nitrogen functional groups attached to an aromatic ring is 1. The number of piperidine rings is 1. The Morgan fingerprint density at radius 1 is 0.952 bits per heavy atom. The second kappa shape index (κ2) is 15.0. The van der Waals surface area contributed by atoms with Gasteiger partial charge in [0.1, 0.15) is 11.5 Å². The SMILES string of the molecule is CCOc1ccc(Cc2c(N)cc(Cl)cc2C(=O)NCC(=O)C(N)C2CCN(Cc3ccc(OCC)cc3)CC2)cc1. The van der Waals surface area contributed by atoms with Crippen molar-refractivity contribution in [2.75, 3.05) is 38.6 Å². The number of nitrogens with one attached hydrogen (secondary N) is 1. The summed E-state index contributed by atoms with van der Waals surface area (Å²) in [5, 5.41) is 3.11. The van der Waals surface area contributed by atoms with Crippen LogP contribution in [-0.2, 0) is 17.8 Å². The Balaban J connectivity index is 1.30. The predicted octanol–water partition coefficient (Wildman–Crippen LogP) is 4.85. The summed E-state index contributed by atoms with van der Waals surface area (Å²) in [4.78, 5) is 28.6. The number of carbonyl (C=O) groups is 2. The van der Waals surface area contributed by atoms with E-state index in [4.69, 9.17) is 32.5 Å². The van der Waals surface area contributed by atoms with E-state index in [1.165, 1.54) is 5.56 Å². The fourth-order valence-electron chi connectivity index (χ4n) is 5.36. The average Bonchev–Trinajstić information content (AvgIpc) is 2.99. The van der Waals surface area contributed by atoms with Crippen molar-refractivity contribution in [1.29, 1.82) is 0 Å². The summed E-state index contributed by atoms with van der Waals surface area (Å²) >= 11 is 6.25. The number of anilines is 1. The van der Waals surface area contributed by atoms with Crippen molar-refractivity contribution < 1.29 is 19.1 Å². The number of benzene rings is 3. The van der Waals surface area contributed by atoms with Crippen LogP contribution < -0.4 is 26.3 Å². The monoisotopic (exact) mass is 592 g/mol. The van der Waals surface area contributed by atoms with Crippen LogP contribution >= 0.6 is 11.6 Å². The molecule has 0 radical (unpaired) electrons. The van der Waals surface area contributed by atoms with Crippen LogP contribution in [0.2, 0.25) is 5.02 Å². The molecule has 1 aliphatic rings. The standard InChI is InChI=1S/C33H41ClN4O4/c1-3-41-26-9-5-22(6-10-26)17-28-29(18-25(34)19-30(28)35)33(40)37-20-31(39)32(36)24-13-15-38(16-14-24)21-23-7-11-27(12-8-23)42-4-2/h5-12,18-19,24,32H,3-4,13-17,20-21,35-36H2,1-2H3,(H,37,40). The molecule has 1 aliphatic heterocycles. The molecule has 1 atom stereocenters. The lowest BCUT2D eigenvalue weighted by atomic mass is 9.87. The van der Waals surface area contributed by atoms with E-state index in [2.05, 4.69) is 22.3 Å². The largest absolute Gasteiger partial charge is 0.494 e. The maximum Gasteiger partial charge on any atom is 0.252 e. The summed E-state index contributed by atoms with van der Waals surface area (Å²) in [5.41, 5.74) is 16.3. The van der Waals surface area contributed by atoms with Gasteiger partial charge in [-0.25, -0.2) is 0 Å². The van der Waals surface area contributed by atoms with Gasteiger partial charge in [0, 0.05) is 29.2 Å². The van der Waals surface area contributed by atoms with Gasteiger partial charge in [0.2, 0.25) is 0 Å². The van der Waals surface area contributed by atoms with Gasteiger partial charge in [0.15, 0.2) is 5.78 Å². The van der Waals surface area contributed by atoms with Gasteiger partial charge in [-0.05, 0) is 98.8 Å². The summed E-state index contributed by atoms with van der Waals surface area (Å²) in [7, 11) is 0. The molecule has 1 heterocycles. The molecule has 224 valence electrons. The first-order valence-corrected chi connectivity index (χ1v) is 14.9. The van der Waals surface area contributed by atoms with Crippen molar-refractivity contribution in [1.82, 2.24) is 10.2 Å². The quantitative estimate of drug-likeness (QED) is 0.243. The molecule has 3 aromatic carbocycles. The second-order valence-corrected chi connectivity index (χ2v) is 11.1. The zero-order chi connectivity index (χ0) is 30.1.